The maximum atomic E-state index is 13.5. The Morgan fingerprint density at radius 3 is 2.38 bits per heavy atom. The minimum Gasteiger partial charge on any atom is -0.493 e. The van der Waals surface area contributed by atoms with E-state index in [1.165, 1.54) is 0 Å². The van der Waals surface area contributed by atoms with Gasteiger partial charge in [-0.05, 0) is 56.7 Å². The smallest absolute Gasteiger partial charge is 0.407 e. The van der Waals surface area contributed by atoms with E-state index in [-0.39, 0.29) is 29.8 Å². The summed E-state index contributed by atoms with van der Waals surface area (Å²) in [6, 6.07) is 5.43. The van der Waals surface area contributed by atoms with Crippen LogP contribution in [0.1, 0.15) is 43.5 Å². The van der Waals surface area contributed by atoms with Crippen LogP contribution in [0, 0.1) is 11.8 Å². The minimum atomic E-state index is -0.846. The molecule has 1 aliphatic carbocycles. The van der Waals surface area contributed by atoms with Crippen molar-refractivity contribution >= 4 is 12.0 Å². The average Bonchev–Trinajstić information content (AvgIpc) is 3.56. The van der Waals surface area contributed by atoms with E-state index >= 15 is 0 Å². The summed E-state index contributed by atoms with van der Waals surface area (Å²) in [5.41, 5.74) is 0.545. The lowest BCUT2D eigenvalue weighted by Crippen LogP contribution is -2.44. The predicted octanol–water partition coefficient (Wildman–Crippen LogP) is 2.94. The van der Waals surface area contributed by atoms with E-state index in [1.54, 1.807) is 37.3 Å². The zero-order valence-corrected chi connectivity index (χ0v) is 20.8. The number of carboxylic acid groups (broad SMARTS) is 1. The van der Waals surface area contributed by atoms with Gasteiger partial charge < -0.3 is 34.4 Å². The van der Waals surface area contributed by atoms with Crippen LogP contribution < -0.4 is 14.8 Å². The molecule has 1 aromatic carbocycles. The number of methoxy groups -OCH3 is 2. The molecular weight excluding hydrogens is 438 g/mol. The molecule has 2 atom stereocenters. The van der Waals surface area contributed by atoms with Gasteiger partial charge in [0.15, 0.2) is 11.5 Å². The highest BCUT2D eigenvalue weighted by Gasteiger charge is 2.38. The number of hydrogen-bond donors (Lipinski definition) is 2. The number of amides is 2. The van der Waals surface area contributed by atoms with E-state index in [0.717, 1.165) is 32.4 Å². The fraction of sp³-hybridized carbons (Fsp3) is 0.680. The van der Waals surface area contributed by atoms with E-state index in [9.17, 15) is 14.7 Å². The van der Waals surface area contributed by atoms with E-state index in [0.29, 0.717) is 43.4 Å². The molecule has 2 aliphatic rings. The van der Waals surface area contributed by atoms with Gasteiger partial charge in [0.2, 0.25) is 0 Å². The Labute approximate surface area is 202 Å². The lowest BCUT2D eigenvalue weighted by molar-refractivity contribution is 0.0646. The standard InChI is InChI=1S/C25H39N3O6/c1-17(2)27(15-19-13-26-14-20(19)16-28(25(30)31)21-7-8-21)24(29)18-6-9-22(33-4)23(12-18)34-11-5-10-32-3/h6,9,12,17,19-21,26H,5,7-8,10-11,13-16H2,1-4H3,(H,30,31)/t19-,20-/m0/s1. The number of carbonyl (C=O) groups excluding carboxylic acids is 1. The zero-order valence-electron chi connectivity index (χ0n) is 20.8. The summed E-state index contributed by atoms with van der Waals surface area (Å²) in [4.78, 5) is 28.7. The van der Waals surface area contributed by atoms with Crippen molar-refractivity contribution in [1.29, 1.82) is 0 Å². The van der Waals surface area contributed by atoms with Gasteiger partial charge in [0.25, 0.3) is 5.91 Å². The maximum Gasteiger partial charge on any atom is 0.407 e. The third-order valence-corrected chi connectivity index (χ3v) is 6.62. The first-order valence-electron chi connectivity index (χ1n) is 12.2. The molecule has 1 saturated heterocycles. The van der Waals surface area contributed by atoms with Gasteiger partial charge >= 0.3 is 6.09 Å². The third-order valence-electron chi connectivity index (χ3n) is 6.62. The molecular formula is C25H39N3O6. The van der Waals surface area contributed by atoms with Gasteiger partial charge in [-0.15, -0.1) is 0 Å². The third kappa shape index (κ3) is 6.76. The van der Waals surface area contributed by atoms with Crippen LogP contribution in [-0.4, -0.2) is 92.6 Å². The molecule has 9 nitrogen and oxygen atoms in total. The van der Waals surface area contributed by atoms with Gasteiger partial charge in [0.1, 0.15) is 0 Å². The van der Waals surface area contributed by atoms with E-state index in [2.05, 4.69) is 5.32 Å². The summed E-state index contributed by atoms with van der Waals surface area (Å²) in [5.74, 6) is 1.42. The van der Waals surface area contributed by atoms with Crippen molar-refractivity contribution in [2.75, 3.05) is 53.6 Å². The quantitative estimate of drug-likeness (QED) is 0.421. The van der Waals surface area contributed by atoms with Crippen LogP contribution in [0.2, 0.25) is 0 Å². The molecule has 0 aromatic heterocycles. The Morgan fingerprint density at radius 2 is 1.79 bits per heavy atom. The van der Waals surface area contributed by atoms with Crippen LogP contribution in [0.3, 0.4) is 0 Å². The van der Waals surface area contributed by atoms with Crippen molar-refractivity contribution in [1.82, 2.24) is 15.1 Å². The van der Waals surface area contributed by atoms with Crippen molar-refractivity contribution in [3.05, 3.63) is 23.8 Å². The summed E-state index contributed by atoms with van der Waals surface area (Å²) in [7, 11) is 3.23. The van der Waals surface area contributed by atoms with Crippen molar-refractivity contribution in [3.63, 3.8) is 0 Å². The summed E-state index contributed by atoms with van der Waals surface area (Å²) in [6.07, 6.45) is 1.78. The minimum absolute atomic E-state index is 0.000863. The van der Waals surface area contributed by atoms with Crippen molar-refractivity contribution in [3.8, 4) is 11.5 Å². The molecule has 2 fully saturated rings. The summed E-state index contributed by atoms with van der Waals surface area (Å²) < 4.78 is 16.3. The van der Waals surface area contributed by atoms with E-state index in [4.69, 9.17) is 14.2 Å². The monoisotopic (exact) mass is 477 g/mol. The Balaban J connectivity index is 1.70. The van der Waals surface area contributed by atoms with E-state index in [1.807, 2.05) is 18.7 Å². The molecule has 1 aliphatic heterocycles. The number of benzene rings is 1. The molecule has 0 unspecified atom stereocenters. The van der Waals surface area contributed by atoms with Crippen LogP contribution in [0.15, 0.2) is 18.2 Å². The highest BCUT2D eigenvalue weighted by molar-refractivity contribution is 5.95. The van der Waals surface area contributed by atoms with E-state index < -0.39 is 6.09 Å². The molecule has 3 rings (SSSR count). The zero-order chi connectivity index (χ0) is 24.7. The van der Waals surface area contributed by atoms with Crippen LogP contribution in [0.25, 0.3) is 0 Å². The van der Waals surface area contributed by atoms with Crippen LogP contribution >= 0.6 is 0 Å². The van der Waals surface area contributed by atoms with Gasteiger partial charge in [0.05, 0.1) is 13.7 Å². The van der Waals surface area contributed by atoms with Gasteiger partial charge in [-0.3, -0.25) is 4.79 Å². The van der Waals surface area contributed by atoms with Gasteiger partial charge in [-0.25, -0.2) is 4.79 Å². The molecule has 0 spiro atoms. The summed E-state index contributed by atoms with van der Waals surface area (Å²) in [5, 5.41) is 13.0. The highest BCUT2D eigenvalue weighted by Crippen LogP contribution is 2.31. The highest BCUT2D eigenvalue weighted by atomic mass is 16.5. The molecule has 34 heavy (non-hydrogen) atoms. The lowest BCUT2D eigenvalue weighted by atomic mass is 9.94. The first kappa shape index (κ1) is 26.1. The number of nitrogens with one attached hydrogen (secondary N) is 1. The number of rotatable bonds is 13. The summed E-state index contributed by atoms with van der Waals surface area (Å²) >= 11 is 0. The Kier molecular flexibility index (Phi) is 9.41. The van der Waals surface area contributed by atoms with Crippen molar-refractivity contribution in [2.24, 2.45) is 11.8 Å². The molecule has 0 radical (unpaired) electrons. The Morgan fingerprint density at radius 1 is 1.09 bits per heavy atom. The fourth-order valence-corrected chi connectivity index (χ4v) is 4.49. The molecule has 1 heterocycles. The van der Waals surface area contributed by atoms with Crippen molar-refractivity contribution < 1.29 is 28.9 Å². The van der Waals surface area contributed by atoms with Gasteiger partial charge in [-0.2, -0.15) is 0 Å². The Bertz CT molecular complexity index is 829. The van der Waals surface area contributed by atoms with Crippen molar-refractivity contribution in [2.45, 2.75) is 45.2 Å². The molecule has 1 aromatic rings. The number of nitrogens with zero attached hydrogens (tertiary/aromatic N) is 2. The second kappa shape index (κ2) is 12.3. The van der Waals surface area contributed by atoms with Crippen LogP contribution in [0.5, 0.6) is 11.5 Å². The topological polar surface area (TPSA) is 101 Å². The summed E-state index contributed by atoms with van der Waals surface area (Å²) in [6.45, 7) is 7.70. The van der Waals surface area contributed by atoms with Gasteiger partial charge in [-0.1, -0.05) is 0 Å². The van der Waals surface area contributed by atoms with Crippen LogP contribution in [0.4, 0.5) is 4.79 Å². The second-order valence-electron chi connectivity index (χ2n) is 9.46. The largest absolute Gasteiger partial charge is 0.493 e. The average molecular weight is 478 g/mol. The number of ether oxygens (including phenoxy) is 3. The molecule has 2 N–H and O–H groups in total. The van der Waals surface area contributed by atoms with Gasteiger partial charge in [0, 0.05) is 64.0 Å². The molecule has 0 bridgehead atoms. The second-order valence-corrected chi connectivity index (χ2v) is 9.46. The predicted molar refractivity (Wildman–Crippen MR) is 129 cm³/mol. The molecule has 2 amide bonds. The Hall–Kier alpha value is -2.52. The first-order chi connectivity index (χ1) is 16.3. The lowest BCUT2D eigenvalue weighted by Gasteiger charge is -2.33. The molecule has 190 valence electrons. The fourth-order valence-electron chi connectivity index (χ4n) is 4.49. The maximum absolute atomic E-state index is 13.5. The first-order valence-corrected chi connectivity index (χ1v) is 12.2. The molecule has 1 saturated carbocycles. The number of hydrogen-bond acceptors (Lipinski definition) is 6. The normalized spacial score (nSPS) is 19.8. The molecule has 9 heteroatoms. The van der Waals surface area contributed by atoms with Crippen LogP contribution in [-0.2, 0) is 4.74 Å². The SMILES string of the molecule is COCCCOc1cc(C(=O)N(C[C@@H]2CNC[C@H]2CN(C(=O)O)C2CC2)C(C)C)ccc1OC. The number of carbonyl (C=O) groups is 2.